The van der Waals surface area contributed by atoms with Crippen LogP contribution in [0.25, 0.3) is 0 Å². The van der Waals surface area contributed by atoms with Crippen molar-refractivity contribution < 1.29 is 0 Å². The number of nitrogens with one attached hydrogen (secondary N) is 1. The smallest absolute Gasteiger partial charge is 0.149 e. The quantitative estimate of drug-likeness (QED) is 0.696. The standard InChI is InChI=1S/C10H17N3/c1-3-4-6-12-10-9(11)8(2)5-7-13-10/h5,7H,3-4,6,11H2,1-2H3,(H,12,13). The Hall–Kier alpha value is -1.25. The van der Waals surface area contributed by atoms with E-state index in [9.17, 15) is 0 Å². The molecule has 0 aliphatic carbocycles. The van der Waals surface area contributed by atoms with Crippen LogP contribution in [-0.2, 0) is 0 Å². The van der Waals surface area contributed by atoms with Gasteiger partial charge in [-0.25, -0.2) is 4.98 Å². The lowest BCUT2D eigenvalue weighted by Crippen LogP contribution is -2.06. The summed E-state index contributed by atoms with van der Waals surface area (Å²) in [7, 11) is 0. The molecular weight excluding hydrogens is 162 g/mol. The van der Waals surface area contributed by atoms with Crippen LogP contribution in [0.3, 0.4) is 0 Å². The van der Waals surface area contributed by atoms with Crippen molar-refractivity contribution in [2.75, 3.05) is 17.6 Å². The van der Waals surface area contributed by atoms with Crippen LogP contribution in [0.2, 0.25) is 0 Å². The molecule has 72 valence electrons. The molecule has 0 aliphatic rings. The van der Waals surface area contributed by atoms with E-state index in [2.05, 4.69) is 17.2 Å². The highest BCUT2D eigenvalue weighted by molar-refractivity contribution is 5.64. The molecule has 0 atom stereocenters. The van der Waals surface area contributed by atoms with Crippen molar-refractivity contribution >= 4 is 11.5 Å². The van der Waals surface area contributed by atoms with Gasteiger partial charge >= 0.3 is 0 Å². The maximum atomic E-state index is 5.84. The number of unbranched alkanes of at least 4 members (excludes halogenated alkanes) is 1. The normalized spacial score (nSPS) is 10.0. The highest BCUT2D eigenvalue weighted by Gasteiger charge is 2.00. The van der Waals surface area contributed by atoms with Crippen LogP contribution in [0, 0.1) is 6.92 Å². The lowest BCUT2D eigenvalue weighted by atomic mass is 10.2. The third kappa shape index (κ3) is 2.61. The summed E-state index contributed by atoms with van der Waals surface area (Å²) < 4.78 is 0. The fraction of sp³-hybridized carbons (Fsp3) is 0.500. The molecule has 0 aromatic carbocycles. The van der Waals surface area contributed by atoms with Crippen molar-refractivity contribution in [2.45, 2.75) is 26.7 Å². The second-order valence-electron chi connectivity index (χ2n) is 3.17. The van der Waals surface area contributed by atoms with Crippen LogP contribution in [0.4, 0.5) is 11.5 Å². The monoisotopic (exact) mass is 179 g/mol. The summed E-state index contributed by atoms with van der Waals surface area (Å²) in [6, 6.07) is 1.92. The van der Waals surface area contributed by atoms with Crippen LogP contribution < -0.4 is 11.1 Å². The Labute approximate surface area is 79.4 Å². The number of nitrogens with zero attached hydrogens (tertiary/aromatic N) is 1. The van der Waals surface area contributed by atoms with E-state index >= 15 is 0 Å². The number of nitrogen functional groups attached to an aromatic ring is 1. The third-order valence-electron chi connectivity index (χ3n) is 2.03. The molecule has 1 rings (SSSR count). The molecule has 3 heteroatoms. The van der Waals surface area contributed by atoms with Crippen molar-refractivity contribution in [2.24, 2.45) is 0 Å². The molecule has 3 N–H and O–H groups in total. The highest BCUT2D eigenvalue weighted by Crippen LogP contribution is 2.18. The Morgan fingerprint density at radius 2 is 2.31 bits per heavy atom. The first-order valence-corrected chi connectivity index (χ1v) is 4.70. The summed E-state index contributed by atoms with van der Waals surface area (Å²) in [4.78, 5) is 4.17. The van der Waals surface area contributed by atoms with Crippen molar-refractivity contribution in [3.8, 4) is 0 Å². The minimum atomic E-state index is 0.763. The van der Waals surface area contributed by atoms with Gasteiger partial charge in [0.15, 0.2) is 0 Å². The zero-order chi connectivity index (χ0) is 9.68. The number of anilines is 2. The molecule has 0 amide bonds. The van der Waals surface area contributed by atoms with E-state index in [-0.39, 0.29) is 0 Å². The zero-order valence-corrected chi connectivity index (χ0v) is 8.30. The van der Waals surface area contributed by atoms with Crippen molar-refractivity contribution in [1.29, 1.82) is 0 Å². The molecule has 1 aromatic rings. The Kier molecular flexibility index (Phi) is 3.55. The van der Waals surface area contributed by atoms with Gasteiger partial charge in [0.25, 0.3) is 0 Å². The van der Waals surface area contributed by atoms with Crippen LogP contribution in [0.5, 0.6) is 0 Å². The third-order valence-corrected chi connectivity index (χ3v) is 2.03. The molecule has 0 spiro atoms. The zero-order valence-electron chi connectivity index (χ0n) is 8.30. The Bertz CT molecular complexity index is 271. The minimum Gasteiger partial charge on any atom is -0.396 e. The molecule has 0 fully saturated rings. The highest BCUT2D eigenvalue weighted by atomic mass is 15.0. The lowest BCUT2D eigenvalue weighted by molar-refractivity contribution is 0.831. The Morgan fingerprint density at radius 3 is 3.00 bits per heavy atom. The number of hydrogen-bond acceptors (Lipinski definition) is 3. The minimum absolute atomic E-state index is 0.763. The van der Waals surface area contributed by atoms with E-state index in [0.29, 0.717) is 0 Å². The average Bonchev–Trinajstić information content (AvgIpc) is 2.13. The fourth-order valence-electron chi connectivity index (χ4n) is 1.09. The molecule has 0 aliphatic heterocycles. The average molecular weight is 179 g/mol. The summed E-state index contributed by atoms with van der Waals surface area (Å²) in [6.07, 6.45) is 4.10. The Balaban J connectivity index is 2.61. The van der Waals surface area contributed by atoms with Crippen molar-refractivity contribution in [3.63, 3.8) is 0 Å². The van der Waals surface area contributed by atoms with Gasteiger partial charge in [-0.05, 0) is 25.0 Å². The first kappa shape index (κ1) is 9.84. The van der Waals surface area contributed by atoms with Gasteiger partial charge in [0.05, 0.1) is 5.69 Å². The molecular formula is C10H17N3. The molecule has 0 saturated heterocycles. The number of aryl methyl sites for hydroxylation is 1. The molecule has 0 bridgehead atoms. The van der Waals surface area contributed by atoms with E-state index in [4.69, 9.17) is 5.73 Å². The second-order valence-corrected chi connectivity index (χ2v) is 3.17. The SMILES string of the molecule is CCCCNc1nccc(C)c1N. The van der Waals surface area contributed by atoms with E-state index in [0.717, 1.165) is 30.0 Å². The molecule has 13 heavy (non-hydrogen) atoms. The second kappa shape index (κ2) is 4.70. The van der Waals surface area contributed by atoms with Gasteiger partial charge in [-0.15, -0.1) is 0 Å². The van der Waals surface area contributed by atoms with Crippen LogP contribution in [-0.4, -0.2) is 11.5 Å². The van der Waals surface area contributed by atoms with E-state index in [1.165, 1.54) is 6.42 Å². The van der Waals surface area contributed by atoms with Crippen LogP contribution in [0.1, 0.15) is 25.3 Å². The van der Waals surface area contributed by atoms with Gasteiger partial charge in [0.2, 0.25) is 0 Å². The number of rotatable bonds is 4. The number of nitrogens with two attached hydrogens (primary N) is 1. The van der Waals surface area contributed by atoms with Gasteiger partial charge < -0.3 is 11.1 Å². The van der Waals surface area contributed by atoms with Gasteiger partial charge in [-0.2, -0.15) is 0 Å². The van der Waals surface area contributed by atoms with E-state index in [1.54, 1.807) is 6.20 Å². The molecule has 0 unspecified atom stereocenters. The van der Waals surface area contributed by atoms with Crippen molar-refractivity contribution in [1.82, 2.24) is 4.98 Å². The van der Waals surface area contributed by atoms with Gasteiger partial charge in [0, 0.05) is 12.7 Å². The van der Waals surface area contributed by atoms with Crippen molar-refractivity contribution in [3.05, 3.63) is 17.8 Å². The van der Waals surface area contributed by atoms with E-state index < -0.39 is 0 Å². The maximum Gasteiger partial charge on any atom is 0.149 e. The number of pyridine rings is 1. The summed E-state index contributed by atoms with van der Waals surface area (Å²) in [5, 5.41) is 3.22. The predicted octanol–water partition coefficient (Wildman–Crippen LogP) is 2.18. The Morgan fingerprint density at radius 1 is 1.54 bits per heavy atom. The summed E-state index contributed by atoms with van der Waals surface area (Å²) in [5.41, 5.74) is 7.68. The first-order valence-electron chi connectivity index (χ1n) is 4.70. The predicted molar refractivity (Wildman–Crippen MR) is 56.8 cm³/mol. The van der Waals surface area contributed by atoms with Gasteiger partial charge in [-0.1, -0.05) is 13.3 Å². The summed E-state index contributed by atoms with van der Waals surface area (Å²) in [6.45, 7) is 5.09. The summed E-state index contributed by atoms with van der Waals surface area (Å²) >= 11 is 0. The number of hydrogen-bond donors (Lipinski definition) is 2. The first-order chi connectivity index (χ1) is 6.25. The van der Waals surface area contributed by atoms with Gasteiger partial charge in [0.1, 0.15) is 5.82 Å². The molecule has 0 saturated carbocycles. The topological polar surface area (TPSA) is 50.9 Å². The molecule has 0 radical (unpaired) electrons. The lowest BCUT2D eigenvalue weighted by Gasteiger charge is -2.08. The molecule has 3 nitrogen and oxygen atoms in total. The largest absolute Gasteiger partial charge is 0.396 e. The fourth-order valence-corrected chi connectivity index (χ4v) is 1.09. The van der Waals surface area contributed by atoms with Crippen LogP contribution in [0.15, 0.2) is 12.3 Å². The number of aromatic nitrogens is 1. The molecule has 1 aromatic heterocycles. The van der Waals surface area contributed by atoms with Crippen LogP contribution >= 0.6 is 0 Å². The van der Waals surface area contributed by atoms with Gasteiger partial charge in [-0.3, -0.25) is 0 Å². The summed E-state index contributed by atoms with van der Waals surface area (Å²) in [5.74, 6) is 0.813. The van der Waals surface area contributed by atoms with E-state index in [1.807, 2.05) is 13.0 Å². The molecule has 1 heterocycles. The maximum absolute atomic E-state index is 5.84.